The lowest BCUT2D eigenvalue weighted by Crippen LogP contribution is -2.28. The molecule has 0 unspecified atom stereocenters. The summed E-state index contributed by atoms with van der Waals surface area (Å²) in [6, 6.07) is 3.43. The van der Waals surface area contributed by atoms with Crippen LogP contribution in [0, 0.1) is 0 Å². The molecule has 0 fully saturated rings. The highest BCUT2D eigenvalue weighted by atomic mass is 35.5. The van der Waals surface area contributed by atoms with Gasteiger partial charge in [-0.1, -0.05) is 0 Å². The number of halogens is 2. The first-order valence-electron chi connectivity index (χ1n) is 3.73. The van der Waals surface area contributed by atoms with E-state index in [1.807, 2.05) is 0 Å². The van der Waals surface area contributed by atoms with Crippen molar-refractivity contribution in [2.24, 2.45) is 5.73 Å². The van der Waals surface area contributed by atoms with Gasteiger partial charge in [-0.2, -0.15) is 0 Å². The van der Waals surface area contributed by atoms with E-state index >= 15 is 0 Å². The summed E-state index contributed by atoms with van der Waals surface area (Å²) in [5.41, 5.74) is 5.79. The Labute approximate surface area is 95.1 Å². The van der Waals surface area contributed by atoms with Crippen LogP contribution in [-0.2, 0) is 0 Å². The van der Waals surface area contributed by atoms with Crippen LogP contribution in [0.3, 0.4) is 0 Å². The Kier molecular flexibility index (Phi) is 9.76. The molecule has 14 heavy (non-hydrogen) atoms. The number of nitrogens with one attached hydrogen (secondary N) is 1. The van der Waals surface area contributed by atoms with Crippen LogP contribution in [0.2, 0.25) is 0 Å². The number of amides is 1. The highest BCUT2D eigenvalue weighted by Crippen LogP contribution is 1.93. The summed E-state index contributed by atoms with van der Waals surface area (Å²) >= 11 is 0. The molecule has 0 saturated heterocycles. The fourth-order valence-corrected chi connectivity index (χ4v) is 0.785. The molecule has 0 saturated carbocycles. The zero-order valence-electron chi connectivity index (χ0n) is 7.47. The molecule has 0 atom stereocenters. The summed E-state index contributed by atoms with van der Waals surface area (Å²) in [6.45, 7) is 0.944. The van der Waals surface area contributed by atoms with E-state index < -0.39 is 0 Å². The van der Waals surface area contributed by atoms with E-state index in [4.69, 9.17) is 5.73 Å². The highest BCUT2D eigenvalue weighted by molar-refractivity contribution is 5.93. The number of hydrogen-bond acceptors (Lipinski definition) is 3. The molecular weight excluding hydrogens is 225 g/mol. The number of nitrogens with two attached hydrogens (primary N) is 1. The molecule has 3 N–H and O–H groups in total. The van der Waals surface area contributed by atoms with Gasteiger partial charge in [0.05, 0.1) is 5.56 Å². The van der Waals surface area contributed by atoms with E-state index in [2.05, 4.69) is 10.3 Å². The number of pyridine rings is 1. The Bertz CT molecular complexity index is 256. The molecule has 1 heterocycles. The Morgan fingerprint density at radius 3 is 2.71 bits per heavy atom. The average molecular weight is 238 g/mol. The van der Waals surface area contributed by atoms with Crippen molar-refractivity contribution < 1.29 is 4.79 Å². The molecule has 0 radical (unpaired) electrons. The van der Waals surface area contributed by atoms with Gasteiger partial charge in [-0.15, -0.1) is 24.8 Å². The molecule has 0 aromatic carbocycles. The normalized spacial score (nSPS) is 8.07. The average Bonchev–Trinajstić information content (AvgIpc) is 2.15. The third-order valence-electron chi connectivity index (χ3n) is 1.35. The van der Waals surface area contributed by atoms with Crippen molar-refractivity contribution in [2.75, 3.05) is 13.1 Å². The summed E-state index contributed by atoms with van der Waals surface area (Å²) in [7, 11) is 0. The van der Waals surface area contributed by atoms with Gasteiger partial charge in [0.1, 0.15) is 0 Å². The number of hydrogen-bond donors (Lipinski definition) is 2. The third-order valence-corrected chi connectivity index (χ3v) is 1.35. The maximum absolute atomic E-state index is 11.2. The molecule has 1 rings (SSSR count). The lowest BCUT2D eigenvalue weighted by atomic mass is 10.3. The van der Waals surface area contributed by atoms with Gasteiger partial charge in [-0.3, -0.25) is 9.78 Å². The van der Waals surface area contributed by atoms with Crippen molar-refractivity contribution in [2.45, 2.75) is 0 Å². The minimum atomic E-state index is -0.131. The van der Waals surface area contributed by atoms with E-state index in [9.17, 15) is 4.79 Å². The Hall–Kier alpha value is -0.840. The summed E-state index contributed by atoms with van der Waals surface area (Å²) in [5.74, 6) is -0.131. The van der Waals surface area contributed by atoms with Gasteiger partial charge < -0.3 is 11.1 Å². The monoisotopic (exact) mass is 237 g/mol. The topological polar surface area (TPSA) is 68.0 Å². The summed E-state index contributed by atoms with van der Waals surface area (Å²) < 4.78 is 0. The van der Waals surface area contributed by atoms with Gasteiger partial charge in [0, 0.05) is 25.5 Å². The van der Waals surface area contributed by atoms with Crippen LogP contribution in [-0.4, -0.2) is 24.0 Å². The minimum Gasteiger partial charge on any atom is -0.351 e. The van der Waals surface area contributed by atoms with E-state index in [-0.39, 0.29) is 30.7 Å². The van der Waals surface area contributed by atoms with Crippen molar-refractivity contribution in [3.63, 3.8) is 0 Å². The number of nitrogens with zero attached hydrogens (tertiary/aromatic N) is 1. The van der Waals surface area contributed by atoms with Crippen LogP contribution in [0.5, 0.6) is 0 Å². The fourth-order valence-electron chi connectivity index (χ4n) is 0.785. The molecule has 1 aromatic rings. The maximum Gasteiger partial charge on any atom is 0.252 e. The van der Waals surface area contributed by atoms with Crippen molar-refractivity contribution in [3.05, 3.63) is 30.1 Å². The van der Waals surface area contributed by atoms with Crippen LogP contribution in [0.15, 0.2) is 24.5 Å². The first kappa shape index (κ1) is 15.6. The van der Waals surface area contributed by atoms with Gasteiger partial charge in [0.25, 0.3) is 5.91 Å². The summed E-state index contributed by atoms with van der Waals surface area (Å²) in [6.07, 6.45) is 3.14. The zero-order chi connectivity index (χ0) is 8.81. The van der Waals surface area contributed by atoms with E-state index in [0.29, 0.717) is 18.7 Å². The Morgan fingerprint density at radius 1 is 1.50 bits per heavy atom. The number of carbonyl (C=O) groups excluding carboxylic acids is 1. The Morgan fingerprint density at radius 2 is 2.21 bits per heavy atom. The van der Waals surface area contributed by atoms with Crippen molar-refractivity contribution in [1.29, 1.82) is 0 Å². The first-order valence-corrected chi connectivity index (χ1v) is 3.73. The molecule has 80 valence electrons. The van der Waals surface area contributed by atoms with E-state index in [1.54, 1.807) is 18.3 Å². The lowest BCUT2D eigenvalue weighted by molar-refractivity contribution is 0.0954. The van der Waals surface area contributed by atoms with E-state index in [1.165, 1.54) is 6.20 Å². The predicted octanol–water partition coefficient (Wildman–Crippen LogP) is 0.614. The second-order valence-electron chi connectivity index (χ2n) is 2.29. The fraction of sp³-hybridized carbons (Fsp3) is 0.250. The predicted molar refractivity (Wildman–Crippen MR) is 60.1 cm³/mol. The van der Waals surface area contributed by atoms with Crippen molar-refractivity contribution >= 4 is 30.7 Å². The van der Waals surface area contributed by atoms with E-state index in [0.717, 1.165) is 0 Å². The molecule has 0 aliphatic heterocycles. The van der Waals surface area contributed by atoms with Gasteiger partial charge in [0.15, 0.2) is 0 Å². The quantitative estimate of drug-likeness (QED) is 0.810. The molecule has 0 aliphatic carbocycles. The van der Waals surface area contributed by atoms with Crippen LogP contribution >= 0.6 is 24.8 Å². The summed E-state index contributed by atoms with van der Waals surface area (Å²) in [5, 5.41) is 2.64. The standard InChI is InChI=1S/C8H11N3O.2ClH/c9-3-5-11-8(12)7-2-1-4-10-6-7;;/h1-2,4,6H,3,5,9H2,(H,11,12);2*1H. The number of carbonyl (C=O) groups is 1. The highest BCUT2D eigenvalue weighted by Gasteiger charge is 2.01. The van der Waals surface area contributed by atoms with Crippen molar-refractivity contribution in [1.82, 2.24) is 10.3 Å². The summed E-state index contributed by atoms with van der Waals surface area (Å²) in [4.78, 5) is 15.0. The molecule has 0 spiro atoms. The molecule has 1 aromatic heterocycles. The van der Waals surface area contributed by atoms with Crippen LogP contribution in [0.25, 0.3) is 0 Å². The van der Waals surface area contributed by atoms with Crippen LogP contribution in [0.4, 0.5) is 0 Å². The lowest BCUT2D eigenvalue weighted by Gasteiger charge is -2.01. The molecule has 4 nitrogen and oxygen atoms in total. The van der Waals surface area contributed by atoms with Gasteiger partial charge >= 0.3 is 0 Å². The SMILES string of the molecule is Cl.Cl.NCCNC(=O)c1cccnc1. The third kappa shape index (κ3) is 5.01. The largest absolute Gasteiger partial charge is 0.351 e. The first-order chi connectivity index (χ1) is 5.84. The van der Waals surface area contributed by atoms with Crippen molar-refractivity contribution in [3.8, 4) is 0 Å². The smallest absolute Gasteiger partial charge is 0.252 e. The Balaban J connectivity index is 0. The number of rotatable bonds is 3. The van der Waals surface area contributed by atoms with Crippen LogP contribution < -0.4 is 11.1 Å². The molecule has 6 heteroatoms. The second kappa shape index (κ2) is 8.74. The number of aromatic nitrogens is 1. The zero-order valence-corrected chi connectivity index (χ0v) is 9.11. The molecule has 0 bridgehead atoms. The van der Waals surface area contributed by atoms with Gasteiger partial charge in [0.2, 0.25) is 0 Å². The molecule has 0 aliphatic rings. The van der Waals surface area contributed by atoms with Crippen LogP contribution in [0.1, 0.15) is 10.4 Å². The second-order valence-corrected chi connectivity index (χ2v) is 2.29. The van der Waals surface area contributed by atoms with Gasteiger partial charge in [-0.05, 0) is 12.1 Å². The molecule has 1 amide bonds. The maximum atomic E-state index is 11.2. The van der Waals surface area contributed by atoms with Gasteiger partial charge in [-0.25, -0.2) is 0 Å². The minimum absolute atomic E-state index is 0. The molecular formula is C8H13Cl2N3O.